The molecule has 0 aliphatic carbocycles. The number of hydrogen-bond donors (Lipinski definition) is 2. The van der Waals surface area contributed by atoms with E-state index in [2.05, 4.69) is 17.4 Å². The number of hydrogen-bond acceptors (Lipinski definition) is 3. The largest absolute Gasteiger partial charge is 0.399 e. The molecule has 2 aromatic rings. The van der Waals surface area contributed by atoms with Crippen LogP contribution in [0.2, 0.25) is 5.02 Å². The van der Waals surface area contributed by atoms with E-state index in [1.54, 1.807) is 6.07 Å². The second kappa shape index (κ2) is 4.52. The fourth-order valence-electron chi connectivity index (χ4n) is 2.04. The third-order valence-corrected chi connectivity index (χ3v) is 3.31. The van der Waals surface area contributed by atoms with Gasteiger partial charge in [-0.1, -0.05) is 17.7 Å². The maximum atomic E-state index is 6.13. The van der Waals surface area contributed by atoms with Gasteiger partial charge in [-0.3, -0.25) is 0 Å². The lowest BCUT2D eigenvalue weighted by atomic mass is 10.1. The molecule has 0 unspecified atom stereocenters. The van der Waals surface area contributed by atoms with Crippen LogP contribution in [-0.2, 0) is 18.0 Å². The van der Waals surface area contributed by atoms with Crippen molar-refractivity contribution in [1.82, 2.24) is 0 Å². The van der Waals surface area contributed by atoms with Gasteiger partial charge in [0.25, 0.3) is 0 Å². The Morgan fingerprint density at radius 2 is 1.89 bits per heavy atom. The zero-order valence-electron chi connectivity index (χ0n) is 9.74. The molecule has 1 aliphatic rings. The summed E-state index contributed by atoms with van der Waals surface area (Å²) in [4.78, 5) is 0. The van der Waals surface area contributed by atoms with E-state index in [0.717, 1.165) is 11.4 Å². The number of nitrogens with two attached hydrogens (primary N) is 1. The average Bonchev–Trinajstić information content (AvgIpc) is 2.80. The molecule has 4 heteroatoms. The van der Waals surface area contributed by atoms with Crippen molar-refractivity contribution in [3.63, 3.8) is 0 Å². The van der Waals surface area contributed by atoms with Gasteiger partial charge in [-0.25, -0.2) is 0 Å². The summed E-state index contributed by atoms with van der Waals surface area (Å²) < 4.78 is 5.39. The van der Waals surface area contributed by atoms with Crippen molar-refractivity contribution in [2.45, 2.75) is 13.2 Å². The third-order valence-electron chi connectivity index (χ3n) is 2.99. The molecule has 3 rings (SSSR count). The van der Waals surface area contributed by atoms with Crippen molar-refractivity contribution >= 4 is 28.7 Å². The SMILES string of the molecule is Nc1ccc(Nc2ccc3c(c2)COC3)c(Cl)c1. The Labute approximate surface area is 111 Å². The van der Waals surface area contributed by atoms with Crippen LogP contribution in [0.4, 0.5) is 17.1 Å². The van der Waals surface area contributed by atoms with E-state index in [-0.39, 0.29) is 0 Å². The standard InChI is InChI=1S/C14H13ClN2O/c15-13-6-11(16)2-4-14(13)17-12-3-1-9-7-18-8-10(9)5-12/h1-6,17H,7-8,16H2. The van der Waals surface area contributed by atoms with E-state index in [1.807, 2.05) is 18.2 Å². The summed E-state index contributed by atoms with van der Waals surface area (Å²) in [6.45, 7) is 1.39. The van der Waals surface area contributed by atoms with Gasteiger partial charge in [-0.05, 0) is 41.5 Å². The Balaban J connectivity index is 1.88. The van der Waals surface area contributed by atoms with Crippen molar-refractivity contribution in [1.29, 1.82) is 0 Å². The average molecular weight is 261 g/mol. The van der Waals surface area contributed by atoms with Crippen LogP contribution < -0.4 is 11.1 Å². The zero-order chi connectivity index (χ0) is 12.5. The fourth-order valence-corrected chi connectivity index (χ4v) is 2.27. The third kappa shape index (κ3) is 2.15. The minimum absolute atomic E-state index is 0.617. The lowest BCUT2D eigenvalue weighted by Gasteiger charge is -2.10. The number of halogens is 1. The second-order valence-corrected chi connectivity index (χ2v) is 4.75. The molecule has 3 nitrogen and oxygen atoms in total. The second-order valence-electron chi connectivity index (χ2n) is 4.34. The number of rotatable bonds is 2. The number of nitrogens with one attached hydrogen (secondary N) is 1. The summed E-state index contributed by atoms with van der Waals surface area (Å²) in [5, 5.41) is 3.90. The van der Waals surface area contributed by atoms with Gasteiger partial charge in [0.1, 0.15) is 0 Å². The fraction of sp³-hybridized carbons (Fsp3) is 0.143. The van der Waals surface area contributed by atoms with Crippen molar-refractivity contribution in [3.05, 3.63) is 52.5 Å². The molecule has 0 saturated heterocycles. The minimum atomic E-state index is 0.617. The van der Waals surface area contributed by atoms with E-state index in [9.17, 15) is 0 Å². The van der Waals surface area contributed by atoms with Crippen LogP contribution in [-0.4, -0.2) is 0 Å². The van der Waals surface area contributed by atoms with Crippen molar-refractivity contribution in [3.8, 4) is 0 Å². The van der Waals surface area contributed by atoms with E-state index in [1.165, 1.54) is 11.1 Å². The van der Waals surface area contributed by atoms with Crippen molar-refractivity contribution in [2.24, 2.45) is 0 Å². The van der Waals surface area contributed by atoms with Gasteiger partial charge in [-0.15, -0.1) is 0 Å². The highest BCUT2D eigenvalue weighted by molar-refractivity contribution is 6.33. The molecule has 92 valence electrons. The zero-order valence-corrected chi connectivity index (χ0v) is 10.5. The summed E-state index contributed by atoms with van der Waals surface area (Å²) in [5.74, 6) is 0. The van der Waals surface area contributed by atoms with Crippen LogP contribution in [0.1, 0.15) is 11.1 Å². The number of anilines is 3. The summed E-state index contributed by atoms with van der Waals surface area (Å²) in [5.41, 5.74) is 10.7. The van der Waals surface area contributed by atoms with E-state index < -0.39 is 0 Å². The maximum Gasteiger partial charge on any atom is 0.0725 e. The maximum absolute atomic E-state index is 6.13. The molecule has 0 radical (unpaired) electrons. The van der Waals surface area contributed by atoms with Crippen LogP contribution in [0, 0.1) is 0 Å². The Kier molecular flexibility index (Phi) is 2.86. The first kappa shape index (κ1) is 11.4. The molecule has 0 amide bonds. The van der Waals surface area contributed by atoms with Gasteiger partial charge in [0.2, 0.25) is 0 Å². The number of fused-ring (bicyclic) bond motifs is 1. The normalized spacial score (nSPS) is 13.4. The quantitative estimate of drug-likeness (QED) is 0.810. The summed E-state index contributed by atoms with van der Waals surface area (Å²) >= 11 is 6.13. The smallest absolute Gasteiger partial charge is 0.0725 e. The molecule has 0 spiro atoms. The van der Waals surface area contributed by atoms with E-state index >= 15 is 0 Å². The van der Waals surface area contributed by atoms with Crippen molar-refractivity contribution < 1.29 is 4.74 Å². The van der Waals surface area contributed by atoms with E-state index in [0.29, 0.717) is 23.9 Å². The van der Waals surface area contributed by atoms with Crippen LogP contribution in [0.15, 0.2) is 36.4 Å². The van der Waals surface area contributed by atoms with Gasteiger partial charge in [0.15, 0.2) is 0 Å². The molecule has 1 heterocycles. The highest BCUT2D eigenvalue weighted by atomic mass is 35.5. The molecule has 3 N–H and O–H groups in total. The lowest BCUT2D eigenvalue weighted by Crippen LogP contribution is -1.94. The molecular weight excluding hydrogens is 248 g/mol. The molecule has 0 atom stereocenters. The number of benzene rings is 2. The number of nitrogen functional groups attached to an aromatic ring is 1. The Hall–Kier alpha value is -1.71. The van der Waals surface area contributed by atoms with Gasteiger partial charge >= 0.3 is 0 Å². The highest BCUT2D eigenvalue weighted by Gasteiger charge is 2.11. The first-order valence-corrected chi connectivity index (χ1v) is 6.12. The highest BCUT2D eigenvalue weighted by Crippen LogP contribution is 2.29. The van der Waals surface area contributed by atoms with Crippen LogP contribution in [0.3, 0.4) is 0 Å². The lowest BCUT2D eigenvalue weighted by molar-refractivity contribution is 0.134. The Morgan fingerprint density at radius 3 is 2.72 bits per heavy atom. The molecule has 0 bridgehead atoms. The van der Waals surface area contributed by atoms with Crippen LogP contribution in [0.5, 0.6) is 0 Å². The van der Waals surface area contributed by atoms with Gasteiger partial charge in [0, 0.05) is 11.4 Å². The van der Waals surface area contributed by atoms with Gasteiger partial charge < -0.3 is 15.8 Å². The molecular formula is C14H13ClN2O. The topological polar surface area (TPSA) is 47.3 Å². The van der Waals surface area contributed by atoms with Gasteiger partial charge in [-0.2, -0.15) is 0 Å². The summed E-state index contributed by atoms with van der Waals surface area (Å²) in [6.07, 6.45) is 0. The van der Waals surface area contributed by atoms with Crippen molar-refractivity contribution in [2.75, 3.05) is 11.1 Å². The summed E-state index contributed by atoms with van der Waals surface area (Å²) in [7, 11) is 0. The number of ether oxygens (including phenoxy) is 1. The van der Waals surface area contributed by atoms with E-state index in [4.69, 9.17) is 22.1 Å². The molecule has 0 saturated carbocycles. The van der Waals surface area contributed by atoms with Gasteiger partial charge in [0.05, 0.1) is 23.9 Å². The van der Waals surface area contributed by atoms with Crippen LogP contribution in [0.25, 0.3) is 0 Å². The predicted octanol–water partition coefficient (Wildman–Crippen LogP) is 3.70. The van der Waals surface area contributed by atoms with Crippen LogP contribution >= 0.6 is 11.6 Å². The summed E-state index contributed by atoms with van der Waals surface area (Å²) in [6, 6.07) is 11.6. The monoisotopic (exact) mass is 260 g/mol. The molecule has 18 heavy (non-hydrogen) atoms. The first-order valence-electron chi connectivity index (χ1n) is 5.74. The Bertz CT molecular complexity index is 598. The first-order chi connectivity index (χ1) is 8.72. The Morgan fingerprint density at radius 1 is 1.06 bits per heavy atom. The molecule has 2 aromatic carbocycles. The predicted molar refractivity (Wildman–Crippen MR) is 74.1 cm³/mol. The minimum Gasteiger partial charge on any atom is -0.399 e. The molecule has 0 aromatic heterocycles. The molecule has 0 fully saturated rings. The molecule has 1 aliphatic heterocycles.